The molecule has 0 bridgehead atoms. The average Bonchev–Trinajstić information content (AvgIpc) is 2.75. The van der Waals surface area contributed by atoms with Gasteiger partial charge in [0, 0.05) is 50.9 Å². The second-order valence-corrected chi connectivity index (χ2v) is 8.56. The number of nitrogens with one attached hydrogen (secondary N) is 1. The number of urea groups is 1. The lowest BCUT2D eigenvalue weighted by Gasteiger charge is -2.37. The van der Waals surface area contributed by atoms with Crippen molar-refractivity contribution in [1.29, 1.82) is 0 Å². The van der Waals surface area contributed by atoms with Gasteiger partial charge in [-0.15, -0.1) is 0 Å². The Hall–Kier alpha value is -2.19. The maximum atomic E-state index is 12.6. The lowest BCUT2D eigenvalue weighted by atomic mass is 9.96. The van der Waals surface area contributed by atoms with Crippen molar-refractivity contribution in [2.45, 2.75) is 25.8 Å². The molecule has 2 aliphatic rings. The molecule has 4 amide bonds. The normalized spacial score (nSPS) is 18.8. The van der Waals surface area contributed by atoms with E-state index in [-0.39, 0.29) is 23.8 Å². The molecule has 0 saturated carbocycles. The number of hydrogen-bond donors (Lipinski definition) is 2. The third-order valence-corrected chi connectivity index (χ3v) is 6.49. The van der Waals surface area contributed by atoms with Crippen LogP contribution in [0, 0.1) is 5.92 Å². The van der Waals surface area contributed by atoms with E-state index < -0.39 is 6.04 Å². The minimum Gasteiger partial charge on any atom is -0.369 e. The highest BCUT2D eigenvalue weighted by Gasteiger charge is 2.30. The first-order chi connectivity index (χ1) is 14.3. The molecule has 0 spiro atoms. The Labute approximate surface area is 186 Å². The highest BCUT2D eigenvalue weighted by Crippen LogP contribution is 2.27. The van der Waals surface area contributed by atoms with Crippen LogP contribution in [0.15, 0.2) is 18.2 Å². The van der Waals surface area contributed by atoms with Crippen molar-refractivity contribution in [3.05, 3.63) is 28.2 Å². The van der Waals surface area contributed by atoms with Crippen LogP contribution in [0.5, 0.6) is 0 Å². The van der Waals surface area contributed by atoms with Gasteiger partial charge in [0.2, 0.25) is 11.8 Å². The Morgan fingerprint density at radius 3 is 2.20 bits per heavy atom. The number of piperidine rings is 1. The zero-order chi connectivity index (χ0) is 21.8. The Balaban J connectivity index is 1.46. The van der Waals surface area contributed by atoms with Gasteiger partial charge in [0.05, 0.1) is 10.0 Å². The number of amides is 4. The monoisotopic (exact) mass is 455 g/mol. The zero-order valence-corrected chi connectivity index (χ0v) is 18.5. The lowest BCUT2D eigenvalue weighted by Crippen LogP contribution is -2.56. The summed E-state index contributed by atoms with van der Waals surface area (Å²) in [4.78, 5) is 42.0. The highest BCUT2D eigenvalue weighted by molar-refractivity contribution is 6.42. The fourth-order valence-corrected chi connectivity index (χ4v) is 4.14. The van der Waals surface area contributed by atoms with Crippen LogP contribution in [0.4, 0.5) is 10.5 Å². The topological polar surface area (TPSA) is 99.0 Å². The number of anilines is 1. The summed E-state index contributed by atoms with van der Waals surface area (Å²) in [5.41, 5.74) is 6.30. The van der Waals surface area contributed by atoms with Crippen LogP contribution < -0.4 is 16.0 Å². The number of carbonyl (C=O) groups excluding carboxylic acids is 3. The van der Waals surface area contributed by atoms with Crippen LogP contribution in [0.1, 0.15) is 19.8 Å². The van der Waals surface area contributed by atoms with Crippen LogP contribution in [-0.2, 0) is 9.59 Å². The summed E-state index contributed by atoms with van der Waals surface area (Å²) in [5, 5.41) is 3.81. The average molecular weight is 456 g/mol. The number of carbonyl (C=O) groups is 3. The van der Waals surface area contributed by atoms with Gasteiger partial charge in [-0.05, 0) is 38.0 Å². The molecule has 1 aromatic carbocycles. The number of piperazine rings is 1. The molecule has 1 atom stereocenters. The predicted molar refractivity (Wildman–Crippen MR) is 117 cm³/mol. The lowest BCUT2D eigenvalue weighted by molar-refractivity contribution is -0.136. The van der Waals surface area contributed by atoms with E-state index in [0.717, 1.165) is 5.69 Å². The maximum absolute atomic E-state index is 12.6. The first-order valence-corrected chi connectivity index (χ1v) is 10.9. The highest BCUT2D eigenvalue weighted by atomic mass is 35.5. The van der Waals surface area contributed by atoms with Gasteiger partial charge in [-0.25, -0.2) is 4.79 Å². The molecule has 1 aromatic rings. The van der Waals surface area contributed by atoms with Crippen molar-refractivity contribution in [3.8, 4) is 0 Å². The van der Waals surface area contributed by atoms with Gasteiger partial charge in [-0.3, -0.25) is 9.59 Å². The predicted octanol–water partition coefficient (Wildman–Crippen LogP) is 1.94. The van der Waals surface area contributed by atoms with Crippen molar-refractivity contribution < 1.29 is 14.4 Å². The van der Waals surface area contributed by atoms with E-state index >= 15 is 0 Å². The molecule has 164 valence electrons. The maximum Gasteiger partial charge on any atom is 0.318 e. The molecule has 2 heterocycles. The van der Waals surface area contributed by atoms with Crippen LogP contribution >= 0.6 is 23.2 Å². The summed E-state index contributed by atoms with van der Waals surface area (Å²) in [6.07, 6.45) is 1.14. The second kappa shape index (κ2) is 9.75. The van der Waals surface area contributed by atoms with E-state index in [1.165, 1.54) is 0 Å². The van der Waals surface area contributed by atoms with Gasteiger partial charge in [0.25, 0.3) is 0 Å². The Morgan fingerprint density at radius 2 is 1.63 bits per heavy atom. The number of rotatable bonds is 4. The fraction of sp³-hybridized carbons (Fsp3) is 0.550. The molecule has 0 aliphatic carbocycles. The third-order valence-electron chi connectivity index (χ3n) is 5.75. The molecule has 2 aliphatic heterocycles. The summed E-state index contributed by atoms with van der Waals surface area (Å²) in [7, 11) is 0. The summed E-state index contributed by atoms with van der Waals surface area (Å²) in [5.74, 6) is -0.630. The van der Waals surface area contributed by atoms with Gasteiger partial charge in [-0.1, -0.05) is 23.2 Å². The quantitative estimate of drug-likeness (QED) is 0.724. The first-order valence-electron chi connectivity index (χ1n) is 10.1. The van der Waals surface area contributed by atoms with Gasteiger partial charge < -0.3 is 25.8 Å². The van der Waals surface area contributed by atoms with Gasteiger partial charge in [0.15, 0.2) is 0 Å². The molecule has 1 unspecified atom stereocenters. The van der Waals surface area contributed by atoms with Crippen molar-refractivity contribution in [2.75, 3.05) is 44.2 Å². The van der Waals surface area contributed by atoms with E-state index in [9.17, 15) is 14.4 Å². The molecule has 3 N–H and O–H groups in total. The summed E-state index contributed by atoms with van der Waals surface area (Å²) in [6, 6.07) is 4.61. The van der Waals surface area contributed by atoms with Crippen molar-refractivity contribution in [2.24, 2.45) is 11.7 Å². The summed E-state index contributed by atoms with van der Waals surface area (Å²) in [6.45, 7) is 5.05. The largest absolute Gasteiger partial charge is 0.369 e. The van der Waals surface area contributed by atoms with Crippen LogP contribution in [0.25, 0.3) is 0 Å². The zero-order valence-electron chi connectivity index (χ0n) is 16.9. The van der Waals surface area contributed by atoms with Gasteiger partial charge in [0.1, 0.15) is 6.04 Å². The molecule has 2 saturated heterocycles. The Morgan fingerprint density at radius 1 is 1.00 bits per heavy atom. The molecule has 3 rings (SSSR count). The Bertz CT molecular complexity index is 806. The molecule has 2 fully saturated rings. The molecular weight excluding hydrogens is 429 g/mol. The van der Waals surface area contributed by atoms with E-state index in [0.29, 0.717) is 62.2 Å². The Kier molecular flexibility index (Phi) is 7.31. The van der Waals surface area contributed by atoms with Gasteiger partial charge in [-0.2, -0.15) is 0 Å². The number of hydrogen-bond acceptors (Lipinski definition) is 4. The van der Waals surface area contributed by atoms with Crippen LogP contribution in [0.2, 0.25) is 10.0 Å². The smallest absolute Gasteiger partial charge is 0.318 e. The summed E-state index contributed by atoms with van der Waals surface area (Å²) < 4.78 is 0. The summed E-state index contributed by atoms with van der Waals surface area (Å²) >= 11 is 12.1. The fourth-order valence-electron chi connectivity index (χ4n) is 3.85. The molecule has 30 heavy (non-hydrogen) atoms. The van der Waals surface area contributed by atoms with Crippen LogP contribution in [-0.4, -0.2) is 73.0 Å². The van der Waals surface area contributed by atoms with Gasteiger partial charge >= 0.3 is 6.03 Å². The molecular formula is C20H27Cl2N5O3. The van der Waals surface area contributed by atoms with Crippen molar-refractivity contribution in [1.82, 2.24) is 15.1 Å². The number of halogens is 2. The van der Waals surface area contributed by atoms with E-state index in [1.807, 2.05) is 12.1 Å². The molecule has 8 nitrogen and oxygen atoms in total. The van der Waals surface area contributed by atoms with E-state index in [1.54, 1.807) is 22.8 Å². The number of primary amides is 1. The van der Waals surface area contributed by atoms with E-state index in [4.69, 9.17) is 28.9 Å². The molecule has 0 aromatic heterocycles. The minimum absolute atomic E-state index is 0.138. The van der Waals surface area contributed by atoms with E-state index in [2.05, 4.69) is 10.2 Å². The third kappa shape index (κ3) is 5.29. The number of likely N-dealkylation sites (tertiary alicyclic amines) is 1. The molecule has 10 heteroatoms. The van der Waals surface area contributed by atoms with Crippen LogP contribution in [0.3, 0.4) is 0 Å². The number of nitrogens with zero attached hydrogens (tertiary/aromatic N) is 3. The first kappa shape index (κ1) is 22.5. The van der Waals surface area contributed by atoms with Crippen molar-refractivity contribution >= 4 is 46.7 Å². The molecule has 0 radical (unpaired) electrons. The van der Waals surface area contributed by atoms with Crippen molar-refractivity contribution in [3.63, 3.8) is 0 Å². The minimum atomic E-state index is -0.629. The SMILES string of the molecule is CC(NC(=O)N1CCN(c2ccc(Cl)c(Cl)c2)CC1)C(=O)N1CCC(C(N)=O)CC1. The number of nitrogens with two attached hydrogens (primary N) is 1. The number of benzene rings is 1. The second-order valence-electron chi connectivity index (χ2n) is 7.75. The standard InChI is InChI=1S/C20H27Cl2N5O3/c1-13(19(29)26-6-4-14(5-7-26)18(23)28)24-20(30)27-10-8-25(9-11-27)15-2-3-16(21)17(22)12-15/h2-3,12-14H,4-11H2,1H3,(H2,23,28)(H,24,30).